The van der Waals surface area contributed by atoms with Crippen molar-refractivity contribution in [2.75, 3.05) is 6.61 Å². The summed E-state index contributed by atoms with van der Waals surface area (Å²) in [6.07, 6.45) is 21.8. The topological polar surface area (TPSA) is 44.5 Å². The largest absolute Gasteiger partial charge is 0.351 e. The van der Waals surface area contributed by atoms with Crippen LogP contribution in [0.3, 0.4) is 0 Å². The molecule has 0 radical (unpaired) electrons. The molecule has 1 aromatic carbocycles. The maximum absolute atomic E-state index is 6.02. The summed E-state index contributed by atoms with van der Waals surface area (Å²) < 4.78 is 11.8. The highest BCUT2D eigenvalue weighted by molar-refractivity contribution is 5.13. The van der Waals surface area contributed by atoms with E-state index in [0.29, 0.717) is 6.61 Å². The van der Waals surface area contributed by atoms with E-state index in [1.54, 1.807) is 0 Å². The second-order valence-corrected chi connectivity index (χ2v) is 9.20. The first-order chi connectivity index (χ1) is 15.2. The molecule has 0 saturated heterocycles. The molecular weight excluding hydrogens is 382 g/mol. The van der Waals surface area contributed by atoms with Crippen LogP contribution in [0.2, 0.25) is 0 Å². The normalized spacial score (nSPS) is 13.4. The molecule has 0 spiro atoms. The third-order valence-electron chi connectivity index (χ3n) is 5.97. The number of rotatable bonds is 22. The molecule has 3 heteroatoms. The maximum atomic E-state index is 6.02. The van der Waals surface area contributed by atoms with Crippen molar-refractivity contribution in [1.29, 1.82) is 0 Å². The Kier molecular flexibility index (Phi) is 19.0. The standard InChI is InChI=1S/C28H51NO2/c1-3-4-5-6-7-8-9-10-11-12-13-14-15-16-17-21-24-30-28(26(2)29)31-25-27-22-19-18-20-23-27/h18-20,22-23,26,28H,3-17,21,24-25,29H2,1-2H3. The Labute approximate surface area is 193 Å². The van der Waals surface area contributed by atoms with Crippen molar-refractivity contribution < 1.29 is 9.47 Å². The molecule has 3 nitrogen and oxygen atoms in total. The predicted octanol–water partition coefficient (Wildman–Crippen LogP) is 8.15. The zero-order valence-electron chi connectivity index (χ0n) is 20.7. The third-order valence-corrected chi connectivity index (χ3v) is 5.97. The van der Waals surface area contributed by atoms with Crippen LogP contribution in [-0.4, -0.2) is 18.9 Å². The number of hydrogen-bond donors (Lipinski definition) is 1. The Morgan fingerprint density at radius 1 is 0.645 bits per heavy atom. The summed E-state index contributed by atoms with van der Waals surface area (Å²) in [6.45, 7) is 5.52. The number of hydrogen-bond acceptors (Lipinski definition) is 3. The molecule has 0 aliphatic rings. The highest BCUT2D eigenvalue weighted by atomic mass is 16.7. The van der Waals surface area contributed by atoms with Crippen LogP contribution in [0.25, 0.3) is 0 Å². The summed E-state index contributed by atoms with van der Waals surface area (Å²) in [6, 6.07) is 10.1. The average molecular weight is 434 g/mol. The van der Waals surface area contributed by atoms with Gasteiger partial charge in [0.15, 0.2) is 6.29 Å². The summed E-state index contributed by atoms with van der Waals surface area (Å²) in [5.74, 6) is 0. The Balaban J connectivity index is 1.85. The molecule has 0 bridgehead atoms. The minimum atomic E-state index is -0.323. The van der Waals surface area contributed by atoms with Crippen molar-refractivity contribution >= 4 is 0 Å². The fraction of sp³-hybridized carbons (Fsp3) is 0.786. The molecule has 0 saturated carbocycles. The molecule has 180 valence electrons. The van der Waals surface area contributed by atoms with Gasteiger partial charge in [-0.1, -0.05) is 134 Å². The van der Waals surface area contributed by atoms with Crippen molar-refractivity contribution in [2.45, 2.75) is 136 Å². The van der Waals surface area contributed by atoms with Crippen molar-refractivity contribution in [3.05, 3.63) is 35.9 Å². The van der Waals surface area contributed by atoms with Crippen molar-refractivity contribution in [2.24, 2.45) is 5.73 Å². The molecule has 0 aliphatic heterocycles. The first-order valence-electron chi connectivity index (χ1n) is 13.3. The van der Waals surface area contributed by atoms with E-state index < -0.39 is 0 Å². The highest BCUT2D eigenvalue weighted by Gasteiger charge is 2.14. The smallest absolute Gasteiger partial charge is 0.172 e. The summed E-state index contributed by atoms with van der Waals surface area (Å²) >= 11 is 0. The zero-order valence-corrected chi connectivity index (χ0v) is 20.7. The van der Waals surface area contributed by atoms with Crippen LogP contribution < -0.4 is 5.73 Å². The molecule has 2 atom stereocenters. The van der Waals surface area contributed by atoms with Gasteiger partial charge in [-0.05, 0) is 18.9 Å². The summed E-state index contributed by atoms with van der Waals surface area (Å²) in [5.41, 5.74) is 7.17. The zero-order chi connectivity index (χ0) is 22.4. The second kappa shape index (κ2) is 21.0. The van der Waals surface area contributed by atoms with Gasteiger partial charge in [-0.15, -0.1) is 0 Å². The minimum absolute atomic E-state index is 0.121. The fourth-order valence-electron chi connectivity index (χ4n) is 3.95. The van der Waals surface area contributed by atoms with Gasteiger partial charge in [-0.25, -0.2) is 0 Å². The van der Waals surface area contributed by atoms with Crippen LogP contribution in [0.1, 0.15) is 122 Å². The van der Waals surface area contributed by atoms with Gasteiger partial charge in [-0.3, -0.25) is 0 Å². The van der Waals surface area contributed by atoms with Gasteiger partial charge in [0.2, 0.25) is 0 Å². The van der Waals surface area contributed by atoms with Gasteiger partial charge in [0.25, 0.3) is 0 Å². The Hall–Kier alpha value is -0.900. The van der Waals surface area contributed by atoms with Crippen LogP contribution in [0, 0.1) is 0 Å². The number of nitrogens with two attached hydrogens (primary N) is 1. The molecular formula is C28H51NO2. The SMILES string of the molecule is CCCCCCCCCCCCCCCCCCOC(OCc1ccccc1)C(C)N. The van der Waals surface area contributed by atoms with E-state index >= 15 is 0 Å². The molecule has 0 heterocycles. The van der Waals surface area contributed by atoms with E-state index in [9.17, 15) is 0 Å². The summed E-state index contributed by atoms with van der Waals surface area (Å²) in [5, 5.41) is 0. The first kappa shape index (κ1) is 28.1. The third kappa shape index (κ3) is 17.3. The molecule has 0 aliphatic carbocycles. The Morgan fingerprint density at radius 2 is 1.10 bits per heavy atom. The van der Waals surface area contributed by atoms with Gasteiger partial charge in [0.1, 0.15) is 0 Å². The molecule has 2 N–H and O–H groups in total. The minimum Gasteiger partial charge on any atom is -0.351 e. The lowest BCUT2D eigenvalue weighted by molar-refractivity contribution is -0.159. The molecule has 1 rings (SSSR count). The number of benzene rings is 1. The van der Waals surface area contributed by atoms with E-state index in [-0.39, 0.29) is 12.3 Å². The van der Waals surface area contributed by atoms with Crippen LogP contribution in [0.15, 0.2) is 30.3 Å². The van der Waals surface area contributed by atoms with E-state index in [1.165, 1.54) is 96.3 Å². The van der Waals surface area contributed by atoms with E-state index in [2.05, 4.69) is 19.1 Å². The summed E-state index contributed by atoms with van der Waals surface area (Å²) in [4.78, 5) is 0. The molecule has 2 unspecified atom stereocenters. The molecule has 0 aromatic heterocycles. The first-order valence-corrected chi connectivity index (χ1v) is 13.3. The van der Waals surface area contributed by atoms with Gasteiger partial charge in [-0.2, -0.15) is 0 Å². The van der Waals surface area contributed by atoms with E-state index in [4.69, 9.17) is 15.2 Å². The second-order valence-electron chi connectivity index (χ2n) is 9.20. The van der Waals surface area contributed by atoms with Gasteiger partial charge >= 0.3 is 0 Å². The maximum Gasteiger partial charge on any atom is 0.172 e. The van der Waals surface area contributed by atoms with Crippen LogP contribution in [-0.2, 0) is 16.1 Å². The van der Waals surface area contributed by atoms with Crippen molar-refractivity contribution in [3.63, 3.8) is 0 Å². The number of ether oxygens (including phenoxy) is 2. The fourth-order valence-corrected chi connectivity index (χ4v) is 3.95. The summed E-state index contributed by atoms with van der Waals surface area (Å²) in [7, 11) is 0. The number of unbranched alkanes of at least 4 members (excludes halogenated alkanes) is 15. The predicted molar refractivity (Wildman–Crippen MR) is 134 cm³/mol. The van der Waals surface area contributed by atoms with Crippen LogP contribution >= 0.6 is 0 Å². The highest BCUT2D eigenvalue weighted by Crippen LogP contribution is 2.14. The average Bonchev–Trinajstić information content (AvgIpc) is 2.78. The monoisotopic (exact) mass is 433 g/mol. The molecule has 0 amide bonds. The van der Waals surface area contributed by atoms with Gasteiger partial charge in [0.05, 0.1) is 12.6 Å². The Bertz CT molecular complexity index is 477. The van der Waals surface area contributed by atoms with Gasteiger partial charge < -0.3 is 15.2 Å². The van der Waals surface area contributed by atoms with E-state index in [1.807, 2.05) is 25.1 Å². The lowest BCUT2D eigenvalue weighted by atomic mass is 10.0. The molecule has 31 heavy (non-hydrogen) atoms. The molecule has 1 aromatic rings. The van der Waals surface area contributed by atoms with Crippen molar-refractivity contribution in [1.82, 2.24) is 0 Å². The van der Waals surface area contributed by atoms with Crippen LogP contribution in [0.5, 0.6) is 0 Å². The lowest BCUT2D eigenvalue weighted by Crippen LogP contribution is -2.36. The quantitative estimate of drug-likeness (QED) is 0.148. The molecule has 0 fully saturated rings. The van der Waals surface area contributed by atoms with Crippen LogP contribution in [0.4, 0.5) is 0 Å². The Morgan fingerprint density at radius 3 is 1.55 bits per heavy atom. The van der Waals surface area contributed by atoms with Crippen molar-refractivity contribution in [3.8, 4) is 0 Å². The van der Waals surface area contributed by atoms with E-state index in [0.717, 1.165) is 18.6 Å². The van der Waals surface area contributed by atoms with Gasteiger partial charge in [0, 0.05) is 6.61 Å². The lowest BCUT2D eigenvalue weighted by Gasteiger charge is -2.22.